The Morgan fingerprint density at radius 1 is 0.830 bits per heavy atom. The lowest BCUT2D eigenvalue weighted by Gasteiger charge is -2.25. The predicted octanol–water partition coefficient (Wildman–Crippen LogP) is 3.67. The number of alkyl halides is 3. The molecule has 2 aromatic carbocycles. The van der Waals surface area contributed by atoms with Crippen molar-refractivity contribution >= 4 is 61.7 Å². The molecule has 0 aliphatic rings. The topological polar surface area (TPSA) is 230 Å². The first-order chi connectivity index (χ1) is 25.3. The zero-order valence-corrected chi connectivity index (χ0v) is 30.1. The summed E-state index contributed by atoms with van der Waals surface area (Å²) in [6.45, 7) is 0.170. The van der Waals surface area contributed by atoms with Gasteiger partial charge in [0.15, 0.2) is 5.96 Å². The summed E-state index contributed by atoms with van der Waals surface area (Å²) < 4.78 is 47.6. The van der Waals surface area contributed by atoms with Gasteiger partial charge >= 0.3 is 6.18 Å². The summed E-state index contributed by atoms with van der Waals surface area (Å²) in [7, 11) is 0. The first kappa shape index (κ1) is 40.6. The third kappa shape index (κ3) is 11.9. The number of aliphatic imine (C=N–C) groups is 1. The number of hydrogen-bond acceptors (Lipinski definition) is 9. The van der Waals surface area contributed by atoms with Gasteiger partial charge < -0.3 is 43.6 Å². The van der Waals surface area contributed by atoms with E-state index in [9.17, 15) is 32.3 Å². The number of unbranched alkanes of at least 4 members (excludes halogenated alkanes) is 1. The van der Waals surface area contributed by atoms with E-state index in [1.807, 2.05) is 11.4 Å². The lowest BCUT2D eigenvalue weighted by Crippen LogP contribution is -2.54. The molecule has 53 heavy (non-hydrogen) atoms. The van der Waals surface area contributed by atoms with Crippen LogP contribution in [0.3, 0.4) is 0 Å². The van der Waals surface area contributed by atoms with Gasteiger partial charge in [-0.25, -0.2) is 0 Å². The highest BCUT2D eigenvalue weighted by atomic mass is 32.1. The lowest BCUT2D eigenvalue weighted by atomic mass is 10.0. The Morgan fingerprint density at radius 3 is 2.17 bits per heavy atom. The van der Waals surface area contributed by atoms with E-state index in [1.165, 1.54) is 65.1 Å². The highest BCUT2D eigenvalue weighted by molar-refractivity contribution is 7.27. The number of nitrogens with zero attached hydrogens (tertiary/aromatic N) is 1. The minimum atomic E-state index is -4.55. The van der Waals surface area contributed by atoms with Crippen LogP contribution < -0.4 is 43.6 Å². The molecule has 4 rings (SSSR count). The molecule has 2 aromatic heterocycles. The highest BCUT2D eigenvalue weighted by Crippen LogP contribution is 2.33. The second-order valence-electron chi connectivity index (χ2n) is 11.9. The van der Waals surface area contributed by atoms with Crippen LogP contribution in [0.1, 0.15) is 64.5 Å². The van der Waals surface area contributed by atoms with Crippen LogP contribution in [-0.4, -0.2) is 54.8 Å². The SMILES string of the molecule is NCCCC[C@H](NC(=O)[C@H](CCCN=C(N)N)NC(=O)c1cc2sccc2s1)C(=O)N[C@@H](C(N)=O)c1ccc(OCc2ccccc2C(F)(F)F)cc1. The zero-order chi connectivity index (χ0) is 38.5. The molecule has 0 bridgehead atoms. The molecule has 3 atom stereocenters. The van der Waals surface area contributed by atoms with Gasteiger partial charge in [0, 0.05) is 21.5 Å². The summed E-state index contributed by atoms with van der Waals surface area (Å²) in [5.74, 6) is -2.63. The fraction of sp³-hybridized carbons (Fsp3) is 0.343. The van der Waals surface area contributed by atoms with Crippen LogP contribution in [-0.2, 0) is 27.2 Å². The monoisotopic (exact) mass is 774 g/mol. The number of benzene rings is 2. The van der Waals surface area contributed by atoms with Gasteiger partial charge in [-0.2, -0.15) is 13.2 Å². The minimum Gasteiger partial charge on any atom is -0.489 e. The first-order valence-electron chi connectivity index (χ1n) is 16.6. The molecular weight excluding hydrogens is 734 g/mol. The van der Waals surface area contributed by atoms with Crippen LogP contribution in [0.25, 0.3) is 9.40 Å². The van der Waals surface area contributed by atoms with Crippen LogP contribution in [0.5, 0.6) is 5.75 Å². The van der Waals surface area contributed by atoms with Gasteiger partial charge in [-0.05, 0) is 79.9 Å². The van der Waals surface area contributed by atoms with Crippen molar-refractivity contribution in [2.45, 2.75) is 63.0 Å². The minimum absolute atomic E-state index is 0.0593. The van der Waals surface area contributed by atoms with Gasteiger partial charge in [0.2, 0.25) is 17.7 Å². The van der Waals surface area contributed by atoms with Crippen LogP contribution in [0.4, 0.5) is 13.2 Å². The van der Waals surface area contributed by atoms with Gasteiger partial charge in [0.25, 0.3) is 5.91 Å². The number of hydrogen-bond donors (Lipinski definition) is 7. The molecule has 0 unspecified atom stereocenters. The van der Waals surface area contributed by atoms with E-state index < -0.39 is 53.5 Å². The van der Waals surface area contributed by atoms with Crippen molar-refractivity contribution in [3.8, 4) is 5.75 Å². The number of amides is 4. The summed E-state index contributed by atoms with van der Waals surface area (Å²) in [4.78, 5) is 57.5. The Balaban J connectivity index is 1.46. The molecule has 11 N–H and O–H groups in total. The van der Waals surface area contributed by atoms with Crippen molar-refractivity contribution < 1.29 is 37.1 Å². The van der Waals surface area contributed by atoms with Crippen molar-refractivity contribution in [1.29, 1.82) is 0 Å². The molecule has 0 aliphatic heterocycles. The molecule has 0 radical (unpaired) electrons. The molecular formula is C35H41F3N8O5S2. The van der Waals surface area contributed by atoms with Crippen LogP contribution in [0.15, 0.2) is 71.0 Å². The second kappa shape index (κ2) is 19.0. The number of ether oxygens (including phenoxy) is 1. The Hall–Kier alpha value is -5.20. The van der Waals surface area contributed by atoms with E-state index in [0.717, 1.165) is 15.5 Å². The normalized spacial score (nSPS) is 13.1. The fourth-order valence-corrected chi connectivity index (χ4v) is 7.33. The number of fused-ring (bicyclic) bond motifs is 1. The molecule has 4 aromatic rings. The Morgan fingerprint density at radius 2 is 1.51 bits per heavy atom. The summed E-state index contributed by atoms with van der Waals surface area (Å²) in [5, 5.41) is 9.99. The van der Waals surface area contributed by atoms with Crippen LogP contribution in [0.2, 0.25) is 0 Å². The molecule has 4 amide bonds. The van der Waals surface area contributed by atoms with Gasteiger partial charge in [-0.15, -0.1) is 22.7 Å². The smallest absolute Gasteiger partial charge is 0.416 e. The molecule has 18 heteroatoms. The predicted molar refractivity (Wildman–Crippen MR) is 198 cm³/mol. The highest BCUT2D eigenvalue weighted by Gasteiger charge is 2.33. The summed E-state index contributed by atoms with van der Waals surface area (Å²) >= 11 is 2.77. The van der Waals surface area contributed by atoms with Gasteiger partial charge in [-0.1, -0.05) is 30.3 Å². The number of carbonyl (C=O) groups is 4. The molecule has 13 nitrogen and oxygen atoms in total. The number of primary amides is 1. The maximum Gasteiger partial charge on any atom is 0.416 e. The number of guanidine groups is 1. The Kier molecular flexibility index (Phi) is 14.6. The van der Waals surface area contributed by atoms with E-state index in [4.69, 9.17) is 27.7 Å². The quantitative estimate of drug-likeness (QED) is 0.0421. The fourth-order valence-electron chi connectivity index (χ4n) is 5.32. The largest absolute Gasteiger partial charge is 0.489 e. The maximum absolute atomic E-state index is 13.7. The molecule has 284 valence electrons. The number of halogens is 3. The van der Waals surface area contributed by atoms with E-state index in [0.29, 0.717) is 30.7 Å². The van der Waals surface area contributed by atoms with E-state index in [-0.39, 0.29) is 48.8 Å². The lowest BCUT2D eigenvalue weighted by molar-refractivity contribution is -0.138. The third-order valence-electron chi connectivity index (χ3n) is 8.01. The van der Waals surface area contributed by atoms with Crippen molar-refractivity contribution in [1.82, 2.24) is 16.0 Å². The van der Waals surface area contributed by atoms with Crippen LogP contribution >= 0.6 is 22.7 Å². The maximum atomic E-state index is 13.7. The molecule has 0 aliphatic carbocycles. The summed E-state index contributed by atoms with van der Waals surface area (Å²) in [6, 6.07) is 10.9. The summed E-state index contributed by atoms with van der Waals surface area (Å²) in [5.41, 5.74) is 21.6. The van der Waals surface area contributed by atoms with Gasteiger partial charge in [0.05, 0.1) is 10.4 Å². The number of rotatable bonds is 19. The Labute approximate surface area is 311 Å². The van der Waals surface area contributed by atoms with Gasteiger partial charge in [-0.3, -0.25) is 24.2 Å². The second-order valence-corrected chi connectivity index (χ2v) is 14.0. The average molecular weight is 775 g/mol. The molecule has 0 saturated carbocycles. The van der Waals surface area contributed by atoms with Crippen molar-refractivity contribution in [3.63, 3.8) is 0 Å². The van der Waals surface area contributed by atoms with E-state index >= 15 is 0 Å². The third-order valence-corrected chi connectivity index (χ3v) is 10.1. The summed E-state index contributed by atoms with van der Waals surface area (Å²) in [6.07, 6.45) is -2.93. The van der Waals surface area contributed by atoms with Gasteiger partial charge in [0.1, 0.15) is 30.5 Å². The van der Waals surface area contributed by atoms with Crippen LogP contribution in [0, 0.1) is 0 Å². The molecule has 0 spiro atoms. The molecule has 0 saturated heterocycles. The molecule has 2 heterocycles. The Bertz CT molecular complexity index is 1870. The van der Waals surface area contributed by atoms with E-state index in [2.05, 4.69) is 20.9 Å². The van der Waals surface area contributed by atoms with Crippen molar-refractivity contribution in [2.75, 3.05) is 13.1 Å². The van der Waals surface area contributed by atoms with E-state index in [1.54, 1.807) is 6.07 Å². The van der Waals surface area contributed by atoms with Crippen molar-refractivity contribution in [3.05, 3.63) is 87.6 Å². The number of nitrogens with two attached hydrogens (primary N) is 4. The zero-order valence-electron chi connectivity index (χ0n) is 28.5. The van der Waals surface area contributed by atoms with Crippen molar-refractivity contribution in [2.24, 2.45) is 27.9 Å². The molecule has 0 fully saturated rings. The number of thiophene rings is 2. The average Bonchev–Trinajstić information content (AvgIpc) is 3.74. The number of carbonyl (C=O) groups excluding carboxylic acids is 4. The standard InChI is InChI=1S/C35H41F3N8O5S2/c36-35(37,38)23-7-2-1-6-21(23)19-51-22-12-10-20(11-13-22)29(30(40)47)46-32(49)24(8-3-4-15-39)44-31(48)25(9-5-16-43-34(41)42)45-33(50)28-18-27-26(53-28)14-17-52-27/h1-2,6-7,10-14,17-18,24-25,29H,3-5,8-9,15-16,19,39H2,(H2,40,47)(H,44,48)(H,45,50)(H,46,49)(H4,41,42,43)/t24-,25-,29+/m0/s1. The number of nitrogens with one attached hydrogen (secondary N) is 3. The first-order valence-corrected chi connectivity index (χ1v) is 18.3.